The average Bonchev–Trinajstić information content (AvgIpc) is 2.69. The number of hydrogen-bond acceptors (Lipinski definition) is 3. The third-order valence-electron chi connectivity index (χ3n) is 4.59. The van der Waals surface area contributed by atoms with Crippen LogP contribution < -0.4 is 4.74 Å². The molecule has 1 heterocycles. The summed E-state index contributed by atoms with van der Waals surface area (Å²) >= 11 is 5.85. The number of carbonyl (C=O) groups is 2. The third-order valence-corrected chi connectivity index (χ3v) is 4.85. The second kappa shape index (κ2) is 8.39. The highest BCUT2D eigenvalue weighted by Crippen LogP contribution is 2.19. The topological polar surface area (TPSA) is 49.9 Å². The van der Waals surface area contributed by atoms with Gasteiger partial charge in [0.1, 0.15) is 11.6 Å². The normalized spacial score (nSPS) is 14.2. The van der Waals surface area contributed by atoms with Gasteiger partial charge in [0.05, 0.1) is 19.1 Å². The molecule has 0 N–H and O–H groups in total. The van der Waals surface area contributed by atoms with E-state index in [0.29, 0.717) is 37.0 Å². The maximum atomic E-state index is 14.1. The van der Waals surface area contributed by atoms with Crippen LogP contribution in [0.3, 0.4) is 0 Å². The molecule has 0 spiro atoms. The summed E-state index contributed by atoms with van der Waals surface area (Å²) in [4.78, 5) is 28.3. The Morgan fingerprint density at radius 1 is 1.04 bits per heavy atom. The highest BCUT2D eigenvalue weighted by atomic mass is 35.5. The predicted molar refractivity (Wildman–Crippen MR) is 101 cm³/mol. The molecule has 2 amide bonds. The zero-order chi connectivity index (χ0) is 19.4. The summed E-state index contributed by atoms with van der Waals surface area (Å²) in [5.74, 6) is -0.623. The first-order valence-corrected chi connectivity index (χ1v) is 9.01. The lowest BCUT2D eigenvalue weighted by molar-refractivity contribution is -0.131. The fourth-order valence-corrected chi connectivity index (χ4v) is 3.14. The second-order valence-electron chi connectivity index (χ2n) is 6.32. The van der Waals surface area contributed by atoms with Crippen LogP contribution in [0, 0.1) is 5.82 Å². The largest absolute Gasteiger partial charge is 0.497 e. The molecule has 1 fully saturated rings. The number of ether oxygens (including phenoxy) is 1. The van der Waals surface area contributed by atoms with E-state index in [4.69, 9.17) is 16.3 Å². The van der Waals surface area contributed by atoms with Crippen LogP contribution >= 0.6 is 11.6 Å². The van der Waals surface area contributed by atoms with Gasteiger partial charge in [-0.15, -0.1) is 0 Å². The number of methoxy groups -OCH3 is 1. The van der Waals surface area contributed by atoms with Crippen LogP contribution in [0.2, 0.25) is 5.02 Å². The molecule has 3 rings (SSSR count). The molecule has 0 unspecified atom stereocenters. The van der Waals surface area contributed by atoms with Crippen molar-refractivity contribution in [3.05, 3.63) is 64.4 Å². The van der Waals surface area contributed by atoms with Gasteiger partial charge in [-0.2, -0.15) is 0 Å². The molecule has 0 aliphatic carbocycles. The van der Waals surface area contributed by atoms with Crippen LogP contribution in [0.4, 0.5) is 4.39 Å². The van der Waals surface area contributed by atoms with E-state index in [-0.39, 0.29) is 23.8 Å². The van der Waals surface area contributed by atoms with Gasteiger partial charge in [0.25, 0.3) is 5.91 Å². The van der Waals surface area contributed by atoms with Crippen LogP contribution in [0.25, 0.3) is 0 Å². The summed E-state index contributed by atoms with van der Waals surface area (Å²) in [6.07, 6.45) is 0.290. The highest BCUT2D eigenvalue weighted by Gasteiger charge is 2.26. The van der Waals surface area contributed by atoms with Crippen LogP contribution in [0.1, 0.15) is 15.9 Å². The van der Waals surface area contributed by atoms with E-state index in [1.807, 2.05) is 12.1 Å². The van der Waals surface area contributed by atoms with E-state index >= 15 is 0 Å². The fourth-order valence-electron chi connectivity index (χ4n) is 3.01. The Hall–Kier alpha value is -2.60. The Labute approximate surface area is 162 Å². The molecule has 7 heteroatoms. The van der Waals surface area contributed by atoms with Gasteiger partial charge in [-0.3, -0.25) is 9.59 Å². The smallest absolute Gasteiger partial charge is 0.256 e. The first-order valence-electron chi connectivity index (χ1n) is 8.63. The maximum Gasteiger partial charge on any atom is 0.256 e. The lowest BCUT2D eigenvalue weighted by Crippen LogP contribution is -2.51. The van der Waals surface area contributed by atoms with Crippen molar-refractivity contribution in [1.29, 1.82) is 0 Å². The minimum absolute atomic E-state index is 0.0000458. The van der Waals surface area contributed by atoms with E-state index in [1.165, 1.54) is 19.2 Å². The van der Waals surface area contributed by atoms with E-state index in [1.54, 1.807) is 28.0 Å². The van der Waals surface area contributed by atoms with Crippen LogP contribution in [-0.4, -0.2) is 54.9 Å². The number of piperazine rings is 1. The zero-order valence-corrected chi connectivity index (χ0v) is 15.7. The Balaban J connectivity index is 1.57. The molecule has 1 aliphatic heterocycles. The monoisotopic (exact) mass is 390 g/mol. The number of rotatable bonds is 4. The number of carbonyl (C=O) groups excluding carboxylic acids is 2. The van der Waals surface area contributed by atoms with Gasteiger partial charge in [0.15, 0.2) is 0 Å². The fraction of sp³-hybridized carbons (Fsp3) is 0.300. The molecule has 1 saturated heterocycles. The van der Waals surface area contributed by atoms with Crippen molar-refractivity contribution in [2.45, 2.75) is 6.42 Å². The Morgan fingerprint density at radius 3 is 2.26 bits per heavy atom. The van der Waals surface area contributed by atoms with Crippen molar-refractivity contribution in [2.75, 3.05) is 33.3 Å². The first kappa shape index (κ1) is 19.2. The molecule has 27 heavy (non-hydrogen) atoms. The maximum absolute atomic E-state index is 14.1. The zero-order valence-electron chi connectivity index (χ0n) is 15.0. The van der Waals surface area contributed by atoms with E-state index in [2.05, 4.69) is 0 Å². The van der Waals surface area contributed by atoms with Crippen molar-refractivity contribution in [2.24, 2.45) is 0 Å². The highest BCUT2D eigenvalue weighted by molar-refractivity contribution is 6.30. The van der Waals surface area contributed by atoms with Crippen molar-refractivity contribution in [3.8, 4) is 5.75 Å². The van der Waals surface area contributed by atoms with Gasteiger partial charge in [0.2, 0.25) is 5.91 Å². The molecule has 1 aliphatic rings. The quantitative estimate of drug-likeness (QED) is 0.806. The molecular formula is C20H20ClFN2O3. The first-order chi connectivity index (χ1) is 13.0. The van der Waals surface area contributed by atoms with Gasteiger partial charge in [-0.05, 0) is 29.8 Å². The minimum Gasteiger partial charge on any atom is -0.497 e. The van der Waals surface area contributed by atoms with Gasteiger partial charge >= 0.3 is 0 Å². The summed E-state index contributed by atoms with van der Waals surface area (Å²) in [5.41, 5.74) is 0.903. The number of amides is 2. The van der Waals surface area contributed by atoms with E-state index in [9.17, 15) is 14.0 Å². The number of hydrogen-bond donors (Lipinski definition) is 0. The summed E-state index contributed by atoms with van der Waals surface area (Å²) in [7, 11) is 1.44. The van der Waals surface area contributed by atoms with Crippen molar-refractivity contribution < 1.29 is 18.7 Å². The molecule has 142 valence electrons. The molecule has 0 atom stereocenters. The van der Waals surface area contributed by atoms with Crippen LogP contribution in [-0.2, 0) is 11.2 Å². The molecule has 5 nitrogen and oxygen atoms in total. The SMILES string of the molecule is COc1ccc(C(=O)N2CCN(C(=O)Cc3ccc(Cl)cc3)CC2)c(F)c1. The van der Waals surface area contributed by atoms with Crippen molar-refractivity contribution >= 4 is 23.4 Å². The number of benzene rings is 2. The average molecular weight is 391 g/mol. The Morgan fingerprint density at radius 2 is 1.67 bits per heavy atom. The summed E-state index contributed by atoms with van der Waals surface area (Å²) in [5, 5.41) is 0.629. The lowest BCUT2D eigenvalue weighted by Gasteiger charge is -2.35. The third kappa shape index (κ3) is 4.57. The van der Waals surface area contributed by atoms with Gasteiger partial charge < -0.3 is 14.5 Å². The summed E-state index contributed by atoms with van der Waals surface area (Å²) in [6, 6.07) is 11.3. The molecule has 0 radical (unpaired) electrons. The minimum atomic E-state index is -0.611. The lowest BCUT2D eigenvalue weighted by atomic mass is 10.1. The molecule has 2 aromatic carbocycles. The van der Waals surface area contributed by atoms with E-state index < -0.39 is 5.82 Å². The van der Waals surface area contributed by atoms with E-state index in [0.717, 1.165) is 5.56 Å². The number of nitrogens with zero attached hydrogens (tertiary/aromatic N) is 2. The Bertz CT molecular complexity index is 834. The second-order valence-corrected chi connectivity index (χ2v) is 6.76. The van der Waals surface area contributed by atoms with Crippen LogP contribution in [0.15, 0.2) is 42.5 Å². The van der Waals surface area contributed by atoms with Gasteiger partial charge in [-0.1, -0.05) is 23.7 Å². The van der Waals surface area contributed by atoms with Crippen molar-refractivity contribution in [3.63, 3.8) is 0 Å². The molecule has 0 bridgehead atoms. The Kier molecular flexibility index (Phi) is 5.96. The van der Waals surface area contributed by atoms with Gasteiger partial charge in [-0.25, -0.2) is 4.39 Å². The van der Waals surface area contributed by atoms with Crippen LogP contribution in [0.5, 0.6) is 5.75 Å². The standard InChI is InChI=1S/C20H20ClFN2O3/c1-27-16-6-7-17(18(22)13-16)20(26)24-10-8-23(9-11-24)19(25)12-14-2-4-15(21)5-3-14/h2-7,13H,8-12H2,1H3. The number of halogens is 2. The molecular weight excluding hydrogens is 371 g/mol. The van der Waals surface area contributed by atoms with Crippen molar-refractivity contribution in [1.82, 2.24) is 9.80 Å². The summed E-state index contributed by atoms with van der Waals surface area (Å²) in [6.45, 7) is 1.60. The molecule has 0 saturated carbocycles. The molecule has 2 aromatic rings. The summed E-state index contributed by atoms with van der Waals surface area (Å²) < 4.78 is 19.1. The van der Waals surface area contributed by atoms with Gasteiger partial charge in [0, 0.05) is 37.3 Å². The molecule has 0 aromatic heterocycles. The predicted octanol–water partition coefficient (Wildman–Crippen LogP) is 3.01.